The van der Waals surface area contributed by atoms with E-state index in [0.717, 1.165) is 28.6 Å². The highest BCUT2D eigenvalue weighted by molar-refractivity contribution is 6.36. The van der Waals surface area contributed by atoms with Crippen molar-refractivity contribution in [2.75, 3.05) is 6.54 Å². The first-order chi connectivity index (χ1) is 7.18. The molecule has 0 radical (unpaired) electrons. The molecule has 2 rings (SSSR count). The smallest absolute Gasteiger partial charge is 0.0453 e. The summed E-state index contributed by atoms with van der Waals surface area (Å²) in [5, 5.41) is 5.05. The van der Waals surface area contributed by atoms with Crippen LogP contribution in [-0.4, -0.2) is 12.6 Å². The maximum absolute atomic E-state index is 6.14. The van der Waals surface area contributed by atoms with Crippen LogP contribution in [0.4, 0.5) is 0 Å². The minimum atomic E-state index is 0.516. The molecule has 0 bridgehead atoms. The van der Waals surface area contributed by atoms with Gasteiger partial charge in [-0.3, -0.25) is 0 Å². The summed E-state index contributed by atoms with van der Waals surface area (Å²) in [5.74, 6) is 0.706. The highest BCUT2D eigenvalue weighted by Crippen LogP contribution is 2.28. The minimum Gasteiger partial charge on any atom is -0.313 e. The predicted octanol–water partition coefficient (Wildman–Crippen LogP) is 3.53. The van der Waals surface area contributed by atoms with Crippen molar-refractivity contribution >= 4 is 23.2 Å². The van der Waals surface area contributed by atoms with Crippen LogP contribution < -0.4 is 5.32 Å². The van der Waals surface area contributed by atoms with Gasteiger partial charge in [0.15, 0.2) is 0 Å². The summed E-state index contributed by atoms with van der Waals surface area (Å²) in [6.45, 7) is 3.38. The Labute approximate surface area is 101 Å². The molecule has 1 saturated heterocycles. The number of nitrogens with one attached hydrogen (secondary N) is 1. The molecule has 2 unspecified atom stereocenters. The fourth-order valence-corrected chi connectivity index (χ4v) is 2.67. The molecule has 0 amide bonds. The van der Waals surface area contributed by atoms with E-state index in [9.17, 15) is 0 Å². The van der Waals surface area contributed by atoms with Gasteiger partial charge in [-0.05, 0) is 43.0 Å². The first-order valence-corrected chi connectivity index (χ1v) is 6.10. The van der Waals surface area contributed by atoms with Crippen LogP contribution in [0.3, 0.4) is 0 Å². The van der Waals surface area contributed by atoms with Gasteiger partial charge in [0.25, 0.3) is 0 Å². The fourth-order valence-electron chi connectivity index (χ4n) is 2.12. The van der Waals surface area contributed by atoms with Crippen LogP contribution in [0.1, 0.15) is 18.9 Å². The van der Waals surface area contributed by atoms with Gasteiger partial charge in [0.2, 0.25) is 0 Å². The van der Waals surface area contributed by atoms with Crippen molar-refractivity contribution in [2.45, 2.75) is 25.8 Å². The molecule has 1 fully saturated rings. The van der Waals surface area contributed by atoms with Crippen molar-refractivity contribution < 1.29 is 0 Å². The summed E-state index contributed by atoms with van der Waals surface area (Å²) in [7, 11) is 0. The molecule has 1 aliphatic heterocycles. The molecule has 0 spiro atoms. The molecule has 1 aliphatic rings. The first kappa shape index (κ1) is 11.3. The fraction of sp³-hybridized carbons (Fsp3) is 0.500. The lowest BCUT2D eigenvalue weighted by Crippen LogP contribution is -2.28. The van der Waals surface area contributed by atoms with Crippen molar-refractivity contribution in [1.82, 2.24) is 5.32 Å². The molecule has 2 atom stereocenters. The van der Waals surface area contributed by atoms with Crippen molar-refractivity contribution in [2.24, 2.45) is 5.92 Å². The highest BCUT2D eigenvalue weighted by Gasteiger charge is 2.24. The van der Waals surface area contributed by atoms with E-state index in [0.29, 0.717) is 12.0 Å². The molecule has 0 saturated carbocycles. The lowest BCUT2D eigenvalue weighted by molar-refractivity contribution is 0.480. The van der Waals surface area contributed by atoms with Gasteiger partial charge in [-0.15, -0.1) is 0 Å². The number of benzene rings is 1. The third-order valence-corrected chi connectivity index (χ3v) is 3.89. The van der Waals surface area contributed by atoms with Gasteiger partial charge in [-0.25, -0.2) is 0 Å². The van der Waals surface area contributed by atoms with Gasteiger partial charge < -0.3 is 5.32 Å². The number of halogens is 2. The predicted molar refractivity (Wildman–Crippen MR) is 65.7 cm³/mol. The molecule has 15 heavy (non-hydrogen) atoms. The van der Waals surface area contributed by atoms with Crippen LogP contribution in [0.5, 0.6) is 0 Å². The van der Waals surface area contributed by atoms with E-state index in [4.69, 9.17) is 23.2 Å². The molecule has 0 aromatic heterocycles. The highest BCUT2D eigenvalue weighted by atomic mass is 35.5. The minimum absolute atomic E-state index is 0.516. The molecule has 1 nitrogen and oxygen atoms in total. The number of hydrogen-bond acceptors (Lipinski definition) is 1. The molecule has 1 N–H and O–H groups in total. The van der Waals surface area contributed by atoms with Crippen molar-refractivity contribution in [3.63, 3.8) is 0 Å². The molecule has 3 heteroatoms. The Bertz CT molecular complexity index is 331. The third kappa shape index (κ3) is 2.47. The molecular formula is C12H15Cl2N. The second-order valence-electron chi connectivity index (χ2n) is 4.23. The Kier molecular flexibility index (Phi) is 3.55. The van der Waals surface area contributed by atoms with E-state index in [1.165, 1.54) is 6.42 Å². The topological polar surface area (TPSA) is 12.0 Å². The Balaban J connectivity index is 2.16. The van der Waals surface area contributed by atoms with Crippen molar-refractivity contribution in [3.8, 4) is 0 Å². The SMILES string of the molecule is CC1CCNC1Cc1c(Cl)cccc1Cl. The average molecular weight is 244 g/mol. The van der Waals surface area contributed by atoms with Gasteiger partial charge >= 0.3 is 0 Å². The quantitative estimate of drug-likeness (QED) is 0.839. The summed E-state index contributed by atoms with van der Waals surface area (Å²) in [5.41, 5.74) is 1.08. The standard InChI is InChI=1S/C12H15Cl2N/c1-8-5-6-15-12(8)7-9-10(13)3-2-4-11(9)14/h2-4,8,12,15H,5-7H2,1H3. The van der Waals surface area contributed by atoms with E-state index < -0.39 is 0 Å². The molecule has 1 aromatic rings. The number of hydrogen-bond donors (Lipinski definition) is 1. The maximum Gasteiger partial charge on any atom is 0.0453 e. The zero-order chi connectivity index (χ0) is 10.8. The first-order valence-electron chi connectivity index (χ1n) is 5.34. The Hall–Kier alpha value is -0.240. The summed E-state index contributed by atoms with van der Waals surface area (Å²) < 4.78 is 0. The van der Waals surface area contributed by atoms with E-state index in [2.05, 4.69) is 12.2 Å². The van der Waals surface area contributed by atoms with Gasteiger partial charge in [0.1, 0.15) is 0 Å². The summed E-state index contributed by atoms with van der Waals surface area (Å²) >= 11 is 12.3. The summed E-state index contributed by atoms with van der Waals surface area (Å²) in [6, 6.07) is 6.21. The van der Waals surface area contributed by atoms with Crippen LogP contribution in [-0.2, 0) is 6.42 Å². The zero-order valence-electron chi connectivity index (χ0n) is 8.76. The third-order valence-electron chi connectivity index (χ3n) is 3.18. The van der Waals surface area contributed by atoms with Crippen LogP contribution in [0, 0.1) is 5.92 Å². The van der Waals surface area contributed by atoms with Crippen LogP contribution in [0.15, 0.2) is 18.2 Å². The molecule has 0 aliphatic carbocycles. The second-order valence-corrected chi connectivity index (χ2v) is 5.05. The molecular weight excluding hydrogens is 229 g/mol. The van der Waals surface area contributed by atoms with Gasteiger partial charge in [0.05, 0.1) is 0 Å². The monoisotopic (exact) mass is 243 g/mol. The largest absolute Gasteiger partial charge is 0.313 e. The summed E-state index contributed by atoms with van der Waals surface area (Å²) in [4.78, 5) is 0. The lowest BCUT2D eigenvalue weighted by atomic mass is 9.96. The van der Waals surface area contributed by atoms with Gasteiger partial charge in [-0.1, -0.05) is 36.2 Å². The number of rotatable bonds is 2. The zero-order valence-corrected chi connectivity index (χ0v) is 10.3. The Morgan fingerprint density at radius 2 is 2.00 bits per heavy atom. The Morgan fingerprint density at radius 1 is 1.33 bits per heavy atom. The maximum atomic E-state index is 6.14. The van der Waals surface area contributed by atoms with Crippen LogP contribution in [0.25, 0.3) is 0 Å². The van der Waals surface area contributed by atoms with E-state index >= 15 is 0 Å². The lowest BCUT2D eigenvalue weighted by Gasteiger charge is -2.17. The van der Waals surface area contributed by atoms with Crippen LogP contribution >= 0.6 is 23.2 Å². The van der Waals surface area contributed by atoms with E-state index in [1.54, 1.807) is 0 Å². The summed E-state index contributed by atoms with van der Waals surface area (Å²) in [6.07, 6.45) is 2.17. The second kappa shape index (κ2) is 4.73. The average Bonchev–Trinajstić information content (AvgIpc) is 2.58. The van der Waals surface area contributed by atoms with Crippen molar-refractivity contribution in [3.05, 3.63) is 33.8 Å². The normalized spacial score (nSPS) is 25.8. The Morgan fingerprint density at radius 3 is 2.53 bits per heavy atom. The molecule has 1 aromatic carbocycles. The van der Waals surface area contributed by atoms with Crippen LogP contribution in [0.2, 0.25) is 10.0 Å². The molecule has 1 heterocycles. The molecule has 82 valence electrons. The van der Waals surface area contributed by atoms with E-state index in [1.807, 2.05) is 18.2 Å². The van der Waals surface area contributed by atoms with Crippen molar-refractivity contribution in [1.29, 1.82) is 0 Å². The van der Waals surface area contributed by atoms with E-state index in [-0.39, 0.29) is 0 Å². The van der Waals surface area contributed by atoms with Gasteiger partial charge in [-0.2, -0.15) is 0 Å². The van der Waals surface area contributed by atoms with Gasteiger partial charge in [0, 0.05) is 16.1 Å².